The van der Waals surface area contributed by atoms with Crippen LogP contribution < -0.4 is 15.0 Å². The molecule has 0 aromatic heterocycles. The van der Waals surface area contributed by atoms with Gasteiger partial charge in [-0.05, 0) is 55.0 Å². The molecule has 164 valence electrons. The molecule has 5 rings (SSSR count). The van der Waals surface area contributed by atoms with E-state index in [1.54, 1.807) is 4.90 Å². The molecule has 1 atom stereocenters. The Kier molecular flexibility index (Phi) is 5.76. The van der Waals surface area contributed by atoms with Gasteiger partial charge in [0.15, 0.2) is 0 Å². The smallest absolute Gasteiger partial charge is 0.262 e. The Morgan fingerprint density at radius 3 is 2.33 bits per heavy atom. The molecular formula is C28H23ClN2O2. The Morgan fingerprint density at radius 1 is 0.879 bits per heavy atom. The molecule has 0 saturated carbocycles. The number of amides is 1. The highest BCUT2D eigenvalue weighted by Crippen LogP contribution is 2.37. The second kappa shape index (κ2) is 9.00. The van der Waals surface area contributed by atoms with Gasteiger partial charge in [-0.2, -0.15) is 0 Å². The van der Waals surface area contributed by atoms with Crippen molar-refractivity contribution in [1.82, 2.24) is 0 Å². The first kappa shape index (κ1) is 21.1. The maximum Gasteiger partial charge on any atom is 0.262 e. The fraction of sp³-hybridized carbons (Fsp3) is 0.107. The number of anilines is 2. The predicted octanol–water partition coefficient (Wildman–Crippen LogP) is 7.00. The van der Waals surface area contributed by atoms with Crippen molar-refractivity contribution in [2.24, 2.45) is 0 Å². The maximum absolute atomic E-state index is 13.5. The van der Waals surface area contributed by atoms with Gasteiger partial charge >= 0.3 is 0 Å². The van der Waals surface area contributed by atoms with Gasteiger partial charge in [-0.1, -0.05) is 71.8 Å². The van der Waals surface area contributed by atoms with Crippen LogP contribution in [-0.2, 0) is 6.61 Å². The van der Waals surface area contributed by atoms with E-state index in [0.29, 0.717) is 17.2 Å². The summed E-state index contributed by atoms with van der Waals surface area (Å²) in [7, 11) is 0. The molecule has 1 N–H and O–H groups in total. The minimum atomic E-state index is -0.340. The summed E-state index contributed by atoms with van der Waals surface area (Å²) in [4.78, 5) is 15.3. The maximum atomic E-state index is 13.5. The second-order valence-corrected chi connectivity index (χ2v) is 8.46. The van der Waals surface area contributed by atoms with E-state index < -0.39 is 0 Å². The zero-order chi connectivity index (χ0) is 22.8. The van der Waals surface area contributed by atoms with Crippen LogP contribution >= 0.6 is 11.6 Å². The van der Waals surface area contributed by atoms with Gasteiger partial charge in [0.1, 0.15) is 18.5 Å². The summed E-state index contributed by atoms with van der Waals surface area (Å²) in [5.41, 5.74) is 5.38. The third kappa shape index (κ3) is 4.30. The first-order valence-electron chi connectivity index (χ1n) is 10.8. The number of fused-ring (bicyclic) bond motifs is 1. The Morgan fingerprint density at radius 2 is 1.58 bits per heavy atom. The first-order chi connectivity index (χ1) is 16.1. The van der Waals surface area contributed by atoms with Crippen LogP contribution in [0.2, 0.25) is 5.02 Å². The predicted molar refractivity (Wildman–Crippen MR) is 133 cm³/mol. The van der Waals surface area contributed by atoms with E-state index in [-0.39, 0.29) is 12.1 Å². The van der Waals surface area contributed by atoms with Crippen molar-refractivity contribution in [3.05, 3.63) is 124 Å². The van der Waals surface area contributed by atoms with E-state index in [1.807, 2.05) is 104 Å². The molecule has 0 spiro atoms. The summed E-state index contributed by atoms with van der Waals surface area (Å²) < 4.78 is 5.93. The summed E-state index contributed by atoms with van der Waals surface area (Å²) in [6.45, 7) is 2.43. The van der Waals surface area contributed by atoms with Crippen LogP contribution in [0.4, 0.5) is 11.4 Å². The van der Waals surface area contributed by atoms with Crippen LogP contribution in [0.3, 0.4) is 0 Å². The molecule has 4 nitrogen and oxygen atoms in total. The lowest BCUT2D eigenvalue weighted by atomic mass is 10.0. The van der Waals surface area contributed by atoms with Crippen molar-refractivity contribution in [3.63, 3.8) is 0 Å². The summed E-state index contributed by atoms with van der Waals surface area (Å²) in [6.07, 6.45) is -0.340. The third-order valence-corrected chi connectivity index (χ3v) is 6.16. The molecule has 4 aromatic carbocycles. The highest BCUT2D eigenvalue weighted by atomic mass is 35.5. The summed E-state index contributed by atoms with van der Waals surface area (Å²) in [5.74, 6) is 0.709. The Bertz CT molecular complexity index is 1290. The van der Waals surface area contributed by atoms with Crippen LogP contribution in [0.25, 0.3) is 0 Å². The number of carbonyl (C=O) groups is 1. The van der Waals surface area contributed by atoms with Crippen molar-refractivity contribution in [1.29, 1.82) is 0 Å². The number of para-hydroxylation sites is 1. The van der Waals surface area contributed by atoms with Gasteiger partial charge in [-0.25, -0.2) is 0 Å². The third-order valence-electron chi connectivity index (χ3n) is 5.79. The molecule has 1 heterocycles. The molecule has 0 bridgehead atoms. The molecule has 0 fully saturated rings. The first-order valence-corrected chi connectivity index (χ1v) is 11.2. The van der Waals surface area contributed by atoms with Gasteiger partial charge in [0, 0.05) is 22.0 Å². The average molecular weight is 455 g/mol. The Hall–Kier alpha value is -3.76. The molecular weight excluding hydrogens is 432 g/mol. The lowest BCUT2D eigenvalue weighted by Crippen LogP contribution is -2.43. The number of ether oxygens (including phenoxy) is 1. The number of nitrogens with one attached hydrogen (secondary N) is 1. The molecule has 1 aliphatic heterocycles. The molecule has 0 unspecified atom stereocenters. The highest BCUT2D eigenvalue weighted by molar-refractivity contribution is 6.31. The molecule has 0 saturated heterocycles. The standard InChI is InChI=1S/C28H23ClN2O2/c1-19-10-14-22(15-11-19)31-27(30-26-9-5-3-7-24(26)28(31)32)20-12-16-23(17-13-20)33-18-21-6-2-4-8-25(21)29/h2-17,27,30H,18H2,1H3/t27-/m0/s1. The number of aryl methyl sites for hydroxylation is 1. The van der Waals surface area contributed by atoms with E-state index in [0.717, 1.165) is 33.8 Å². The fourth-order valence-corrected chi connectivity index (χ4v) is 4.17. The van der Waals surface area contributed by atoms with Gasteiger partial charge in [0.25, 0.3) is 5.91 Å². The number of hydrogen-bond donors (Lipinski definition) is 1. The monoisotopic (exact) mass is 454 g/mol. The molecule has 5 heteroatoms. The molecule has 33 heavy (non-hydrogen) atoms. The SMILES string of the molecule is Cc1ccc(N2C(=O)c3ccccc3N[C@@H]2c2ccc(OCc3ccccc3Cl)cc2)cc1. The topological polar surface area (TPSA) is 41.6 Å². The van der Waals surface area contributed by atoms with Gasteiger partial charge in [0.05, 0.1) is 5.56 Å². The molecule has 1 amide bonds. The van der Waals surface area contributed by atoms with Gasteiger partial charge in [-0.15, -0.1) is 0 Å². The van der Waals surface area contributed by atoms with Crippen LogP contribution in [0.5, 0.6) is 5.75 Å². The highest BCUT2D eigenvalue weighted by Gasteiger charge is 2.33. The van der Waals surface area contributed by atoms with Crippen LogP contribution in [0.15, 0.2) is 97.1 Å². The quantitative estimate of drug-likeness (QED) is 0.353. The number of carbonyl (C=O) groups excluding carboxylic acids is 1. The summed E-state index contributed by atoms with van der Waals surface area (Å²) in [6, 6.07) is 31.1. The van der Waals surface area contributed by atoms with E-state index in [9.17, 15) is 4.79 Å². The van der Waals surface area contributed by atoms with Crippen LogP contribution in [0, 0.1) is 6.92 Å². The largest absolute Gasteiger partial charge is 0.489 e. The van der Waals surface area contributed by atoms with Crippen molar-refractivity contribution < 1.29 is 9.53 Å². The summed E-state index contributed by atoms with van der Waals surface area (Å²) in [5, 5.41) is 4.22. The van der Waals surface area contributed by atoms with Gasteiger partial charge in [0.2, 0.25) is 0 Å². The van der Waals surface area contributed by atoms with Crippen molar-refractivity contribution in [2.75, 3.05) is 10.2 Å². The number of rotatable bonds is 5. The zero-order valence-electron chi connectivity index (χ0n) is 18.2. The van der Waals surface area contributed by atoms with E-state index >= 15 is 0 Å². The average Bonchev–Trinajstić information content (AvgIpc) is 2.85. The molecule has 4 aromatic rings. The normalized spacial score (nSPS) is 15.0. The van der Waals surface area contributed by atoms with Crippen molar-refractivity contribution in [3.8, 4) is 5.75 Å². The van der Waals surface area contributed by atoms with Gasteiger partial charge in [-0.3, -0.25) is 9.69 Å². The lowest BCUT2D eigenvalue weighted by molar-refractivity contribution is 0.0975. The minimum absolute atomic E-state index is 0.0303. The van der Waals surface area contributed by atoms with Crippen LogP contribution in [0.1, 0.15) is 33.2 Å². The molecule has 1 aliphatic rings. The fourth-order valence-electron chi connectivity index (χ4n) is 3.98. The number of nitrogens with zero attached hydrogens (tertiary/aromatic N) is 1. The number of hydrogen-bond acceptors (Lipinski definition) is 3. The Balaban J connectivity index is 1.43. The number of benzene rings is 4. The van der Waals surface area contributed by atoms with Crippen molar-refractivity contribution >= 4 is 28.9 Å². The zero-order valence-corrected chi connectivity index (χ0v) is 18.9. The van der Waals surface area contributed by atoms with E-state index in [2.05, 4.69) is 5.32 Å². The molecule has 0 radical (unpaired) electrons. The minimum Gasteiger partial charge on any atom is -0.489 e. The van der Waals surface area contributed by atoms with Crippen LogP contribution in [-0.4, -0.2) is 5.91 Å². The van der Waals surface area contributed by atoms with Gasteiger partial charge < -0.3 is 10.1 Å². The number of halogens is 1. The Labute approximate surface area is 198 Å². The second-order valence-electron chi connectivity index (χ2n) is 8.05. The van der Waals surface area contributed by atoms with Crippen molar-refractivity contribution in [2.45, 2.75) is 19.7 Å². The summed E-state index contributed by atoms with van der Waals surface area (Å²) >= 11 is 6.23. The van der Waals surface area contributed by atoms with E-state index in [1.165, 1.54) is 0 Å². The molecule has 0 aliphatic carbocycles. The van der Waals surface area contributed by atoms with E-state index in [4.69, 9.17) is 16.3 Å². The lowest BCUT2D eigenvalue weighted by Gasteiger charge is -2.38.